The molecular formula is C10H21N5O. The van der Waals surface area contributed by atoms with E-state index in [9.17, 15) is 0 Å². The molecule has 2 atom stereocenters. The summed E-state index contributed by atoms with van der Waals surface area (Å²) in [5, 5.41) is 15.1. The first-order valence-electron chi connectivity index (χ1n) is 5.70. The Morgan fingerprint density at radius 1 is 1.44 bits per heavy atom. The van der Waals surface area contributed by atoms with Crippen LogP contribution in [0.3, 0.4) is 0 Å². The topological polar surface area (TPSA) is 64.9 Å². The Bertz CT molecular complexity index is 301. The normalized spacial score (nSPS) is 15.0. The SMILES string of the molecule is CCNC(C)c1nnnn1C(C)CCOC. The molecule has 0 aliphatic rings. The maximum absolute atomic E-state index is 5.06. The Morgan fingerprint density at radius 3 is 2.81 bits per heavy atom. The van der Waals surface area contributed by atoms with Crippen molar-refractivity contribution in [2.45, 2.75) is 39.3 Å². The highest BCUT2D eigenvalue weighted by Crippen LogP contribution is 2.15. The van der Waals surface area contributed by atoms with Gasteiger partial charge in [0.25, 0.3) is 0 Å². The molecule has 1 aromatic rings. The fourth-order valence-electron chi connectivity index (χ4n) is 1.61. The van der Waals surface area contributed by atoms with Crippen molar-refractivity contribution in [2.24, 2.45) is 0 Å². The predicted molar refractivity (Wildman–Crippen MR) is 61.1 cm³/mol. The summed E-state index contributed by atoms with van der Waals surface area (Å²) in [6.07, 6.45) is 0.910. The average Bonchev–Trinajstić information content (AvgIpc) is 2.75. The number of methoxy groups -OCH3 is 1. The van der Waals surface area contributed by atoms with Gasteiger partial charge < -0.3 is 10.1 Å². The van der Waals surface area contributed by atoms with E-state index in [0.29, 0.717) is 0 Å². The van der Waals surface area contributed by atoms with Crippen LogP contribution >= 0.6 is 0 Å². The Labute approximate surface area is 96.4 Å². The maximum atomic E-state index is 5.06. The van der Waals surface area contributed by atoms with Crippen LogP contribution in [0.15, 0.2) is 0 Å². The smallest absolute Gasteiger partial charge is 0.168 e. The van der Waals surface area contributed by atoms with Gasteiger partial charge in [0.2, 0.25) is 0 Å². The molecule has 16 heavy (non-hydrogen) atoms. The third kappa shape index (κ3) is 3.24. The molecule has 0 bridgehead atoms. The van der Waals surface area contributed by atoms with Gasteiger partial charge in [-0.25, -0.2) is 4.68 Å². The van der Waals surface area contributed by atoms with E-state index in [1.165, 1.54) is 0 Å². The zero-order chi connectivity index (χ0) is 12.0. The standard InChI is InChI=1S/C10H21N5O/c1-5-11-9(3)10-12-13-14-15(10)8(2)6-7-16-4/h8-9,11H,5-7H2,1-4H3. The second kappa shape index (κ2) is 6.55. The number of tetrazole rings is 1. The lowest BCUT2D eigenvalue weighted by Gasteiger charge is -2.16. The molecule has 0 spiro atoms. The number of ether oxygens (including phenoxy) is 1. The fourth-order valence-corrected chi connectivity index (χ4v) is 1.61. The van der Waals surface area contributed by atoms with Gasteiger partial charge in [-0.05, 0) is 37.2 Å². The molecule has 6 nitrogen and oxygen atoms in total. The van der Waals surface area contributed by atoms with Crippen LogP contribution in [0, 0.1) is 0 Å². The average molecular weight is 227 g/mol. The molecule has 0 radical (unpaired) electrons. The highest BCUT2D eigenvalue weighted by Gasteiger charge is 2.17. The van der Waals surface area contributed by atoms with E-state index in [4.69, 9.17) is 4.74 Å². The van der Waals surface area contributed by atoms with Crippen LogP contribution in [-0.4, -0.2) is 40.5 Å². The summed E-state index contributed by atoms with van der Waals surface area (Å²) >= 11 is 0. The Balaban J connectivity index is 2.68. The van der Waals surface area contributed by atoms with Gasteiger partial charge in [0, 0.05) is 13.7 Å². The summed E-state index contributed by atoms with van der Waals surface area (Å²) in [4.78, 5) is 0. The number of hydrogen-bond donors (Lipinski definition) is 1. The third-order valence-corrected chi connectivity index (χ3v) is 2.57. The molecule has 0 amide bonds. The minimum atomic E-state index is 0.171. The molecule has 1 aromatic heterocycles. The summed E-state index contributed by atoms with van der Waals surface area (Å²) < 4.78 is 6.93. The Hall–Kier alpha value is -1.01. The van der Waals surface area contributed by atoms with Crippen molar-refractivity contribution in [3.63, 3.8) is 0 Å². The van der Waals surface area contributed by atoms with Gasteiger partial charge in [0.1, 0.15) is 0 Å². The Kier molecular flexibility index (Phi) is 5.34. The van der Waals surface area contributed by atoms with Gasteiger partial charge in [-0.3, -0.25) is 0 Å². The molecule has 1 heterocycles. The number of hydrogen-bond acceptors (Lipinski definition) is 5. The molecule has 0 aliphatic carbocycles. The summed E-state index contributed by atoms with van der Waals surface area (Å²) in [5.41, 5.74) is 0. The number of nitrogens with zero attached hydrogens (tertiary/aromatic N) is 4. The zero-order valence-corrected chi connectivity index (χ0v) is 10.5. The number of rotatable bonds is 7. The lowest BCUT2D eigenvalue weighted by atomic mass is 10.2. The quantitative estimate of drug-likeness (QED) is 0.751. The van der Waals surface area contributed by atoms with Gasteiger partial charge in [-0.15, -0.1) is 5.10 Å². The molecule has 0 saturated heterocycles. The minimum absolute atomic E-state index is 0.171. The van der Waals surface area contributed by atoms with Gasteiger partial charge in [0.05, 0.1) is 12.1 Å². The molecule has 1 N–H and O–H groups in total. The number of nitrogens with one attached hydrogen (secondary N) is 1. The van der Waals surface area contributed by atoms with Crippen molar-refractivity contribution in [2.75, 3.05) is 20.3 Å². The van der Waals surface area contributed by atoms with Crippen LogP contribution in [0.1, 0.15) is 45.1 Å². The van der Waals surface area contributed by atoms with Crippen molar-refractivity contribution < 1.29 is 4.74 Å². The lowest BCUT2D eigenvalue weighted by Crippen LogP contribution is -2.23. The minimum Gasteiger partial charge on any atom is -0.385 e. The van der Waals surface area contributed by atoms with Crippen LogP contribution in [0.25, 0.3) is 0 Å². The van der Waals surface area contributed by atoms with Crippen LogP contribution in [0.2, 0.25) is 0 Å². The van der Waals surface area contributed by atoms with Gasteiger partial charge in [0.15, 0.2) is 5.82 Å². The van der Waals surface area contributed by atoms with E-state index in [0.717, 1.165) is 25.4 Å². The molecule has 0 aromatic carbocycles. The second-order valence-electron chi connectivity index (χ2n) is 3.89. The molecule has 0 aliphatic heterocycles. The number of aromatic nitrogens is 4. The van der Waals surface area contributed by atoms with Crippen LogP contribution < -0.4 is 5.32 Å². The highest BCUT2D eigenvalue weighted by atomic mass is 16.5. The molecule has 6 heteroatoms. The van der Waals surface area contributed by atoms with Gasteiger partial charge >= 0.3 is 0 Å². The third-order valence-electron chi connectivity index (χ3n) is 2.57. The monoisotopic (exact) mass is 227 g/mol. The van der Waals surface area contributed by atoms with E-state index in [-0.39, 0.29) is 12.1 Å². The summed E-state index contributed by atoms with van der Waals surface area (Å²) in [5.74, 6) is 0.880. The summed E-state index contributed by atoms with van der Waals surface area (Å²) in [6, 6.07) is 0.427. The first kappa shape index (κ1) is 13.1. The predicted octanol–water partition coefficient (Wildman–Crippen LogP) is 0.941. The van der Waals surface area contributed by atoms with Gasteiger partial charge in [-0.2, -0.15) is 0 Å². The lowest BCUT2D eigenvalue weighted by molar-refractivity contribution is 0.177. The van der Waals surface area contributed by atoms with Crippen molar-refractivity contribution >= 4 is 0 Å². The van der Waals surface area contributed by atoms with Crippen LogP contribution in [-0.2, 0) is 4.74 Å². The van der Waals surface area contributed by atoms with E-state index in [1.807, 2.05) is 4.68 Å². The molecule has 92 valence electrons. The Morgan fingerprint density at radius 2 is 2.19 bits per heavy atom. The van der Waals surface area contributed by atoms with Crippen molar-refractivity contribution in [3.05, 3.63) is 5.82 Å². The molecule has 0 fully saturated rings. The first-order valence-corrected chi connectivity index (χ1v) is 5.70. The zero-order valence-electron chi connectivity index (χ0n) is 10.5. The van der Waals surface area contributed by atoms with Crippen molar-refractivity contribution in [1.82, 2.24) is 25.5 Å². The summed E-state index contributed by atoms with van der Waals surface area (Å²) in [7, 11) is 1.70. The van der Waals surface area contributed by atoms with Crippen molar-refractivity contribution in [3.8, 4) is 0 Å². The first-order chi connectivity index (χ1) is 7.70. The molecular weight excluding hydrogens is 206 g/mol. The molecule has 1 rings (SSSR count). The molecule has 0 saturated carbocycles. The van der Waals surface area contributed by atoms with E-state index >= 15 is 0 Å². The van der Waals surface area contributed by atoms with Gasteiger partial charge in [-0.1, -0.05) is 6.92 Å². The van der Waals surface area contributed by atoms with Crippen LogP contribution in [0.5, 0.6) is 0 Å². The van der Waals surface area contributed by atoms with E-state index < -0.39 is 0 Å². The largest absolute Gasteiger partial charge is 0.385 e. The van der Waals surface area contributed by atoms with E-state index in [1.54, 1.807) is 7.11 Å². The van der Waals surface area contributed by atoms with Crippen LogP contribution in [0.4, 0.5) is 0 Å². The highest BCUT2D eigenvalue weighted by molar-refractivity contribution is 4.91. The van der Waals surface area contributed by atoms with E-state index in [2.05, 4.69) is 41.6 Å². The second-order valence-corrected chi connectivity index (χ2v) is 3.89. The summed E-state index contributed by atoms with van der Waals surface area (Å²) in [6.45, 7) is 7.85. The maximum Gasteiger partial charge on any atom is 0.168 e. The fraction of sp³-hybridized carbons (Fsp3) is 0.900. The van der Waals surface area contributed by atoms with Crippen molar-refractivity contribution in [1.29, 1.82) is 0 Å². The molecule has 2 unspecified atom stereocenters.